The summed E-state index contributed by atoms with van der Waals surface area (Å²) in [5.74, 6) is 0. The summed E-state index contributed by atoms with van der Waals surface area (Å²) in [6, 6.07) is 0. The predicted molar refractivity (Wildman–Crippen MR) is 60.5 cm³/mol. The molecule has 1 nitrogen and oxygen atoms in total. The van der Waals surface area contributed by atoms with Gasteiger partial charge in [-0.3, -0.25) is 0 Å². The molecule has 2 heteroatoms. The van der Waals surface area contributed by atoms with Gasteiger partial charge < -0.3 is 5.73 Å². The van der Waals surface area contributed by atoms with Crippen LogP contribution >= 0.6 is 11.6 Å². The van der Waals surface area contributed by atoms with Crippen molar-refractivity contribution in [3.05, 3.63) is 47.7 Å². The Hall–Kier alpha value is -0.950. The Kier molecular flexibility index (Phi) is 6.07. The Bertz CT molecular complexity index is 245. The maximum atomic E-state index is 5.48. The molecule has 0 radical (unpaired) electrons. The van der Waals surface area contributed by atoms with E-state index in [0.29, 0.717) is 0 Å². The molecule has 0 bridgehead atoms. The van der Waals surface area contributed by atoms with E-state index in [1.807, 2.05) is 13.0 Å². The van der Waals surface area contributed by atoms with Gasteiger partial charge in [0.05, 0.1) is 5.16 Å². The second-order valence-corrected chi connectivity index (χ2v) is 3.39. The summed E-state index contributed by atoms with van der Waals surface area (Å²) in [6.07, 6.45) is 7.24. The van der Waals surface area contributed by atoms with Gasteiger partial charge in [-0.05, 0) is 31.4 Å². The molecular weight excluding hydrogens is 182 g/mol. The zero-order chi connectivity index (χ0) is 10.3. The smallest absolute Gasteiger partial charge is 0.0991 e. The molecule has 13 heavy (non-hydrogen) atoms. The van der Waals surface area contributed by atoms with Crippen LogP contribution in [0, 0.1) is 0 Å². The molecule has 0 aromatic heterocycles. The summed E-state index contributed by atoms with van der Waals surface area (Å²) in [6.45, 7) is 9.54. The van der Waals surface area contributed by atoms with Crippen molar-refractivity contribution in [3.8, 4) is 0 Å². The van der Waals surface area contributed by atoms with Crippen LogP contribution in [0.3, 0.4) is 0 Å². The van der Waals surface area contributed by atoms with E-state index in [0.717, 1.165) is 24.0 Å². The number of halogens is 1. The van der Waals surface area contributed by atoms with Gasteiger partial charge in [-0.15, -0.1) is 6.58 Å². The second kappa shape index (κ2) is 6.55. The molecule has 0 aromatic rings. The summed E-state index contributed by atoms with van der Waals surface area (Å²) in [4.78, 5) is 0. The van der Waals surface area contributed by atoms with Gasteiger partial charge >= 0.3 is 0 Å². The standard InChI is InChI=1S/C11H16ClN/c1-4-10(6-5-9(2)3)7-8-11(12)13/h4,7-8H,1-2,5-6,13H2,3H3/b10-7+,11-8-. The van der Waals surface area contributed by atoms with Gasteiger partial charge in [0.15, 0.2) is 0 Å². The van der Waals surface area contributed by atoms with Crippen LogP contribution in [0.5, 0.6) is 0 Å². The lowest BCUT2D eigenvalue weighted by Gasteiger charge is -2.00. The zero-order valence-electron chi connectivity index (χ0n) is 8.02. The van der Waals surface area contributed by atoms with Gasteiger partial charge in [0.1, 0.15) is 0 Å². The van der Waals surface area contributed by atoms with Crippen molar-refractivity contribution >= 4 is 11.6 Å². The van der Waals surface area contributed by atoms with E-state index < -0.39 is 0 Å². The summed E-state index contributed by atoms with van der Waals surface area (Å²) < 4.78 is 0. The Morgan fingerprint density at radius 2 is 2.00 bits per heavy atom. The number of allylic oxidation sites excluding steroid dienone is 5. The van der Waals surface area contributed by atoms with Crippen LogP contribution in [0.1, 0.15) is 19.8 Å². The van der Waals surface area contributed by atoms with Crippen LogP contribution < -0.4 is 5.73 Å². The lowest BCUT2D eigenvalue weighted by atomic mass is 10.1. The van der Waals surface area contributed by atoms with Crippen molar-refractivity contribution in [2.75, 3.05) is 0 Å². The topological polar surface area (TPSA) is 26.0 Å². The van der Waals surface area contributed by atoms with Crippen LogP contribution in [0.2, 0.25) is 0 Å². The molecule has 0 aliphatic heterocycles. The third-order valence-corrected chi connectivity index (χ3v) is 1.69. The van der Waals surface area contributed by atoms with E-state index in [4.69, 9.17) is 17.3 Å². The van der Waals surface area contributed by atoms with Crippen LogP contribution in [-0.2, 0) is 0 Å². The summed E-state index contributed by atoms with van der Waals surface area (Å²) in [5.41, 5.74) is 7.56. The van der Waals surface area contributed by atoms with Gasteiger partial charge in [-0.1, -0.05) is 35.9 Å². The Labute approximate surface area is 85.3 Å². The van der Waals surface area contributed by atoms with Crippen molar-refractivity contribution in [3.63, 3.8) is 0 Å². The monoisotopic (exact) mass is 197 g/mol. The van der Waals surface area contributed by atoms with Gasteiger partial charge in [-0.2, -0.15) is 0 Å². The minimum atomic E-state index is 0.287. The lowest BCUT2D eigenvalue weighted by Crippen LogP contribution is -1.86. The second-order valence-electron chi connectivity index (χ2n) is 2.95. The predicted octanol–water partition coefficient (Wildman–Crippen LogP) is 3.49. The molecule has 0 saturated carbocycles. The van der Waals surface area contributed by atoms with E-state index in [-0.39, 0.29) is 5.16 Å². The molecule has 0 spiro atoms. The fourth-order valence-electron chi connectivity index (χ4n) is 0.798. The molecule has 0 aliphatic rings. The Balaban J connectivity index is 4.18. The van der Waals surface area contributed by atoms with Gasteiger partial charge in [-0.25, -0.2) is 0 Å². The van der Waals surface area contributed by atoms with E-state index in [1.54, 1.807) is 12.2 Å². The molecular formula is C11H16ClN. The molecule has 0 aromatic carbocycles. The molecule has 0 amide bonds. The number of nitrogens with two attached hydrogens (primary N) is 1. The van der Waals surface area contributed by atoms with Crippen LogP contribution in [0.4, 0.5) is 0 Å². The van der Waals surface area contributed by atoms with Gasteiger partial charge in [0.2, 0.25) is 0 Å². The normalized spacial score (nSPS) is 12.8. The fourth-order valence-corrected chi connectivity index (χ4v) is 0.861. The first-order valence-electron chi connectivity index (χ1n) is 4.15. The van der Waals surface area contributed by atoms with Crippen molar-refractivity contribution < 1.29 is 0 Å². The molecule has 0 aliphatic carbocycles. The van der Waals surface area contributed by atoms with Crippen molar-refractivity contribution in [1.82, 2.24) is 0 Å². The summed E-state index contributed by atoms with van der Waals surface area (Å²) >= 11 is 5.48. The van der Waals surface area contributed by atoms with Crippen molar-refractivity contribution in [2.24, 2.45) is 5.73 Å². The third-order valence-electron chi connectivity index (χ3n) is 1.56. The van der Waals surface area contributed by atoms with Crippen LogP contribution in [0.25, 0.3) is 0 Å². The average Bonchev–Trinajstić information content (AvgIpc) is 2.04. The average molecular weight is 198 g/mol. The van der Waals surface area contributed by atoms with Crippen molar-refractivity contribution in [2.45, 2.75) is 19.8 Å². The van der Waals surface area contributed by atoms with E-state index in [2.05, 4.69) is 13.2 Å². The first-order chi connectivity index (χ1) is 6.06. The molecule has 0 unspecified atom stereocenters. The van der Waals surface area contributed by atoms with Crippen molar-refractivity contribution in [1.29, 1.82) is 0 Å². The molecule has 0 saturated heterocycles. The number of rotatable bonds is 5. The minimum absolute atomic E-state index is 0.287. The maximum Gasteiger partial charge on any atom is 0.0991 e. The number of hydrogen-bond acceptors (Lipinski definition) is 1. The Morgan fingerprint density at radius 1 is 1.38 bits per heavy atom. The first-order valence-corrected chi connectivity index (χ1v) is 4.52. The van der Waals surface area contributed by atoms with Gasteiger partial charge in [0.25, 0.3) is 0 Å². The largest absolute Gasteiger partial charge is 0.389 e. The molecule has 0 rings (SSSR count). The minimum Gasteiger partial charge on any atom is -0.389 e. The quantitative estimate of drug-likeness (QED) is 0.408. The molecule has 2 N–H and O–H groups in total. The van der Waals surface area contributed by atoms with E-state index in [1.165, 1.54) is 0 Å². The summed E-state index contributed by atoms with van der Waals surface area (Å²) in [5, 5.41) is 0.287. The fraction of sp³-hybridized carbons (Fsp3) is 0.273. The molecule has 0 atom stereocenters. The highest BCUT2D eigenvalue weighted by Gasteiger charge is 1.91. The number of hydrogen-bond donors (Lipinski definition) is 1. The highest BCUT2D eigenvalue weighted by molar-refractivity contribution is 6.29. The molecule has 0 heterocycles. The van der Waals surface area contributed by atoms with Gasteiger partial charge in [0, 0.05) is 0 Å². The lowest BCUT2D eigenvalue weighted by molar-refractivity contribution is 0.951. The van der Waals surface area contributed by atoms with E-state index >= 15 is 0 Å². The Morgan fingerprint density at radius 3 is 2.38 bits per heavy atom. The SMILES string of the molecule is C=C/C(=C\C=C(/N)Cl)CCC(=C)C. The summed E-state index contributed by atoms with van der Waals surface area (Å²) in [7, 11) is 0. The molecule has 72 valence electrons. The van der Waals surface area contributed by atoms with Crippen LogP contribution in [0.15, 0.2) is 47.7 Å². The highest BCUT2D eigenvalue weighted by atomic mass is 35.5. The molecule has 0 fully saturated rings. The maximum absolute atomic E-state index is 5.48. The highest BCUT2D eigenvalue weighted by Crippen LogP contribution is 2.11. The van der Waals surface area contributed by atoms with E-state index in [9.17, 15) is 0 Å². The third kappa shape index (κ3) is 7.41. The first kappa shape index (κ1) is 12.0. The van der Waals surface area contributed by atoms with Crippen LogP contribution in [-0.4, -0.2) is 0 Å². The zero-order valence-corrected chi connectivity index (χ0v) is 8.77.